The minimum absolute atomic E-state index is 0.000550. The maximum Gasteiger partial charge on any atom is 0.412 e. The van der Waals surface area contributed by atoms with Gasteiger partial charge in [0.15, 0.2) is 5.75 Å². The number of phenolic OH excluding ortho intramolecular Hbond substituents is 1. The lowest BCUT2D eigenvalue weighted by Gasteiger charge is -2.09. The number of nitro benzene ring substituents is 1. The molecule has 2 rings (SSSR count). The number of hydrogen-bond donors (Lipinski definition) is 2. The third-order valence-corrected chi connectivity index (χ3v) is 3.36. The quantitative estimate of drug-likeness (QED) is 0.345. The first-order chi connectivity index (χ1) is 12.9. The van der Waals surface area contributed by atoms with E-state index in [2.05, 4.69) is 10.1 Å². The highest BCUT2D eigenvalue weighted by molar-refractivity contribution is 5.96. The van der Waals surface area contributed by atoms with Crippen molar-refractivity contribution in [3.8, 4) is 5.75 Å². The lowest BCUT2D eigenvalue weighted by molar-refractivity contribution is -0.385. The number of amides is 1. The predicted molar refractivity (Wildman–Crippen MR) is 94.5 cm³/mol. The Kier molecular flexibility index (Phi) is 6.48. The molecule has 27 heavy (non-hydrogen) atoms. The number of rotatable bonds is 6. The number of phenols is 1. The van der Waals surface area contributed by atoms with Gasteiger partial charge in [0.1, 0.15) is 12.3 Å². The minimum Gasteiger partial charge on any atom is -0.502 e. The van der Waals surface area contributed by atoms with Gasteiger partial charge in [-0.2, -0.15) is 0 Å². The third kappa shape index (κ3) is 5.56. The number of ether oxygens (including phenoxy) is 2. The zero-order valence-electron chi connectivity index (χ0n) is 14.2. The Hall–Kier alpha value is -3.88. The Morgan fingerprint density at radius 1 is 1.22 bits per heavy atom. The topological polar surface area (TPSA) is 128 Å². The summed E-state index contributed by atoms with van der Waals surface area (Å²) in [7, 11) is 1.13. The molecule has 9 heteroatoms. The molecule has 0 saturated carbocycles. The number of nitrogens with zero attached hydrogens (tertiary/aromatic N) is 1. The van der Waals surface area contributed by atoms with Crippen LogP contribution in [0.2, 0.25) is 0 Å². The smallest absolute Gasteiger partial charge is 0.412 e. The standard InChI is InChI=1S/C18H16N2O7/c1-26-17(22)14(9-13-7-8-15(20(24)25)16(21)10-13)19-18(23)27-11-12-5-3-2-4-6-12/h2-10,21H,11H2,1H3,(H,19,23). The second-order valence-electron chi connectivity index (χ2n) is 5.24. The molecule has 9 nitrogen and oxygen atoms in total. The second-order valence-corrected chi connectivity index (χ2v) is 5.24. The van der Waals surface area contributed by atoms with Crippen molar-refractivity contribution in [1.29, 1.82) is 0 Å². The molecule has 0 radical (unpaired) electrons. The van der Waals surface area contributed by atoms with Gasteiger partial charge in [-0.1, -0.05) is 30.3 Å². The van der Waals surface area contributed by atoms with Crippen molar-refractivity contribution >= 4 is 23.8 Å². The lowest BCUT2D eigenvalue weighted by atomic mass is 10.1. The van der Waals surface area contributed by atoms with Gasteiger partial charge in [0.25, 0.3) is 0 Å². The van der Waals surface area contributed by atoms with E-state index in [0.717, 1.165) is 24.8 Å². The average molecular weight is 372 g/mol. The summed E-state index contributed by atoms with van der Waals surface area (Å²) in [5.74, 6) is -1.44. The predicted octanol–water partition coefficient (Wildman–Crippen LogP) is 2.74. The molecule has 0 atom stereocenters. The summed E-state index contributed by atoms with van der Waals surface area (Å²) < 4.78 is 9.62. The van der Waals surface area contributed by atoms with Crippen LogP contribution in [0, 0.1) is 10.1 Å². The van der Waals surface area contributed by atoms with E-state index < -0.39 is 28.4 Å². The van der Waals surface area contributed by atoms with E-state index in [9.17, 15) is 24.8 Å². The van der Waals surface area contributed by atoms with E-state index in [1.807, 2.05) is 6.07 Å². The molecule has 0 fully saturated rings. The van der Waals surface area contributed by atoms with E-state index in [-0.39, 0.29) is 17.9 Å². The van der Waals surface area contributed by atoms with Gasteiger partial charge < -0.3 is 14.6 Å². The highest BCUT2D eigenvalue weighted by Crippen LogP contribution is 2.27. The zero-order chi connectivity index (χ0) is 19.8. The van der Waals surface area contributed by atoms with Crippen molar-refractivity contribution in [2.24, 2.45) is 0 Å². The van der Waals surface area contributed by atoms with Gasteiger partial charge in [-0.25, -0.2) is 9.59 Å². The maximum absolute atomic E-state index is 11.9. The minimum atomic E-state index is -0.887. The summed E-state index contributed by atoms with van der Waals surface area (Å²) in [6, 6.07) is 12.4. The molecule has 0 heterocycles. The van der Waals surface area contributed by atoms with Crippen LogP contribution in [-0.4, -0.2) is 29.2 Å². The van der Waals surface area contributed by atoms with Crippen molar-refractivity contribution in [3.63, 3.8) is 0 Å². The Balaban J connectivity index is 2.13. The number of carbonyl (C=O) groups is 2. The van der Waals surface area contributed by atoms with Crippen molar-refractivity contribution < 1.29 is 29.1 Å². The number of carbonyl (C=O) groups excluding carboxylic acids is 2. The highest BCUT2D eigenvalue weighted by Gasteiger charge is 2.17. The molecule has 0 aliphatic carbocycles. The normalized spacial score (nSPS) is 10.8. The number of nitro groups is 1. The molecular formula is C18H16N2O7. The van der Waals surface area contributed by atoms with Crippen molar-refractivity contribution in [3.05, 3.63) is 75.5 Å². The Bertz CT molecular complexity index is 879. The van der Waals surface area contributed by atoms with Gasteiger partial charge in [0.2, 0.25) is 0 Å². The molecule has 0 bridgehead atoms. The van der Waals surface area contributed by atoms with Crippen molar-refractivity contribution in [2.45, 2.75) is 6.61 Å². The van der Waals surface area contributed by atoms with Crippen molar-refractivity contribution in [2.75, 3.05) is 7.11 Å². The number of methoxy groups -OCH3 is 1. The van der Waals surface area contributed by atoms with Crippen LogP contribution in [-0.2, 0) is 20.9 Å². The first-order valence-corrected chi connectivity index (χ1v) is 7.66. The van der Waals surface area contributed by atoms with Gasteiger partial charge >= 0.3 is 17.7 Å². The number of esters is 1. The largest absolute Gasteiger partial charge is 0.502 e. The third-order valence-electron chi connectivity index (χ3n) is 3.36. The van der Waals surface area contributed by atoms with E-state index in [1.54, 1.807) is 24.3 Å². The molecule has 0 aliphatic rings. The van der Waals surface area contributed by atoms with Gasteiger partial charge in [-0.15, -0.1) is 0 Å². The van der Waals surface area contributed by atoms with Crippen LogP contribution >= 0.6 is 0 Å². The van der Waals surface area contributed by atoms with Gasteiger partial charge in [-0.05, 0) is 29.3 Å². The van der Waals surface area contributed by atoms with E-state index >= 15 is 0 Å². The first-order valence-electron chi connectivity index (χ1n) is 7.66. The summed E-state index contributed by atoms with van der Waals surface area (Å²) in [4.78, 5) is 33.8. The van der Waals surface area contributed by atoms with Crippen LogP contribution in [0.3, 0.4) is 0 Å². The molecule has 1 amide bonds. The summed E-state index contributed by atoms with van der Waals surface area (Å²) in [6.07, 6.45) is 0.306. The van der Waals surface area contributed by atoms with Crippen molar-refractivity contribution in [1.82, 2.24) is 5.32 Å². The van der Waals surface area contributed by atoms with Crippen LogP contribution < -0.4 is 5.32 Å². The summed E-state index contributed by atoms with van der Waals surface area (Å²) in [5.41, 5.74) is 0.254. The second kappa shape index (κ2) is 8.99. The molecule has 0 aliphatic heterocycles. The van der Waals surface area contributed by atoms with E-state index in [4.69, 9.17) is 4.74 Å². The maximum atomic E-state index is 11.9. The number of benzene rings is 2. The number of nitrogens with one attached hydrogen (secondary N) is 1. The first kappa shape index (κ1) is 19.4. The summed E-state index contributed by atoms with van der Waals surface area (Å²) >= 11 is 0. The SMILES string of the molecule is COC(=O)C(=Cc1ccc([N+](=O)[O-])c(O)c1)NC(=O)OCc1ccccc1. The lowest BCUT2D eigenvalue weighted by Crippen LogP contribution is -2.28. The molecule has 140 valence electrons. The Morgan fingerprint density at radius 2 is 1.93 bits per heavy atom. The van der Waals surface area contributed by atoms with E-state index in [0.29, 0.717) is 0 Å². The fourth-order valence-corrected chi connectivity index (χ4v) is 2.08. The Morgan fingerprint density at radius 3 is 2.52 bits per heavy atom. The van der Waals surface area contributed by atoms with Gasteiger partial charge in [0, 0.05) is 6.07 Å². The fourth-order valence-electron chi connectivity index (χ4n) is 2.08. The molecule has 0 unspecified atom stereocenters. The number of aromatic hydroxyl groups is 1. The molecular weight excluding hydrogens is 356 g/mol. The Labute approximate surface area is 154 Å². The van der Waals surface area contributed by atoms with Crippen LogP contribution in [0.25, 0.3) is 6.08 Å². The van der Waals surface area contributed by atoms with E-state index in [1.165, 1.54) is 12.1 Å². The van der Waals surface area contributed by atoms with Gasteiger partial charge in [0.05, 0.1) is 12.0 Å². The summed E-state index contributed by atoms with van der Waals surface area (Å²) in [6.45, 7) is -0.000550. The molecule has 0 aromatic heterocycles. The van der Waals surface area contributed by atoms with Crippen LogP contribution in [0.1, 0.15) is 11.1 Å². The number of alkyl carbamates (subject to hydrolysis) is 1. The van der Waals surface area contributed by atoms with Crippen LogP contribution in [0.5, 0.6) is 5.75 Å². The van der Waals surface area contributed by atoms with Gasteiger partial charge in [-0.3, -0.25) is 15.4 Å². The highest BCUT2D eigenvalue weighted by atomic mass is 16.6. The molecule has 2 aromatic rings. The fraction of sp³-hybridized carbons (Fsp3) is 0.111. The van der Waals surface area contributed by atoms with Crippen LogP contribution in [0.4, 0.5) is 10.5 Å². The summed E-state index contributed by atoms with van der Waals surface area (Å²) in [5, 5.41) is 22.6. The van der Waals surface area contributed by atoms with Crippen LogP contribution in [0.15, 0.2) is 54.2 Å². The molecule has 2 N–H and O–H groups in total. The number of hydrogen-bond acceptors (Lipinski definition) is 7. The average Bonchev–Trinajstić information content (AvgIpc) is 2.65. The zero-order valence-corrected chi connectivity index (χ0v) is 14.2. The molecule has 2 aromatic carbocycles. The molecule has 0 spiro atoms. The monoisotopic (exact) mass is 372 g/mol. The molecule has 0 saturated heterocycles.